The molecule has 132 valence electrons. The summed E-state index contributed by atoms with van der Waals surface area (Å²) < 4.78 is 5.01. The maximum Gasteiger partial charge on any atom is 0.375 e. The summed E-state index contributed by atoms with van der Waals surface area (Å²) in [5.41, 5.74) is 0.371. The number of benzene rings is 1. The van der Waals surface area contributed by atoms with E-state index < -0.39 is 23.8 Å². The maximum atomic E-state index is 12.4. The van der Waals surface area contributed by atoms with E-state index in [1.54, 1.807) is 25.7 Å². The van der Waals surface area contributed by atoms with Crippen LogP contribution in [0.4, 0.5) is 0 Å². The predicted molar refractivity (Wildman–Crippen MR) is 92.5 cm³/mol. The molecule has 1 aromatic rings. The van der Waals surface area contributed by atoms with Crippen molar-refractivity contribution in [2.45, 2.75) is 59.1 Å². The van der Waals surface area contributed by atoms with Crippen molar-refractivity contribution >= 4 is 17.7 Å². The van der Waals surface area contributed by atoms with Crippen LogP contribution in [-0.4, -0.2) is 40.7 Å². The Morgan fingerprint density at radius 3 is 2.17 bits per heavy atom. The van der Waals surface area contributed by atoms with Gasteiger partial charge in [0.2, 0.25) is 11.7 Å². The van der Waals surface area contributed by atoms with Gasteiger partial charge in [-0.1, -0.05) is 30.3 Å². The second-order valence-corrected chi connectivity index (χ2v) is 7.02. The molecular formula is C19H27NO4. The largest absolute Gasteiger partial charge is 0.454 e. The average Bonchev–Trinajstić information content (AvgIpc) is 2.46. The van der Waals surface area contributed by atoms with Crippen LogP contribution in [0.25, 0.3) is 0 Å². The third-order valence-electron chi connectivity index (χ3n) is 3.37. The molecule has 0 aliphatic carbocycles. The van der Waals surface area contributed by atoms with Crippen LogP contribution in [-0.2, 0) is 25.5 Å². The molecule has 0 saturated carbocycles. The average molecular weight is 333 g/mol. The van der Waals surface area contributed by atoms with Crippen LogP contribution in [0, 0.1) is 0 Å². The van der Waals surface area contributed by atoms with Gasteiger partial charge in [-0.15, -0.1) is 0 Å². The molecule has 0 aromatic heterocycles. The minimum Gasteiger partial charge on any atom is -0.454 e. The standard InChI is InChI=1S/C19H27NO4/c1-14(2)20(12-11-15-9-7-6-8-10-15)17(22)13-16(21)18(23)24-19(3,4)5/h6-10,14H,11-13H2,1-5H3. The van der Waals surface area contributed by atoms with Gasteiger partial charge in [0.05, 0.1) is 6.42 Å². The highest BCUT2D eigenvalue weighted by Crippen LogP contribution is 2.10. The van der Waals surface area contributed by atoms with E-state index in [-0.39, 0.29) is 11.9 Å². The van der Waals surface area contributed by atoms with Gasteiger partial charge in [0.15, 0.2) is 0 Å². The number of ether oxygens (including phenoxy) is 1. The zero-order chi connectivity index (χ0) is 18.3. The molecular weight excluding hydrogens is 306 g/mol. The molecule has 0 atom stereocenters. The van der Waals surface area contributed by atoms with E-state index >= 15 is 0 Å². The lowest BCUT2D eigenvalue weighted by Gasteiger charge is -2.27. The predicted octanol–water partition coefficient (Wildman–Crippen LogP) is 2.77. The van der Waals surface area contributed by atoms with E-state index in [2.05, 4.69) is 0 Å². The number of esters is 1. The van der Waals surface area contributed by atoms with Crippen molar-refractivity contribution in [1.82, 2.24) is 4.90 Å². The molecule has 0 spiro atoms. The Morgan fingerprint density at radius 1 is 1.08 bits per heavy atom. The SMILES string of the molecule is CC(C)N(CCc1ccccc1)C(=O)CC(=O)C(=O)OC(C)(C)C. The topological polar surface area (TPSA) is 63.7 Å². The fraction of sp³-hybridized carbons (Fsp3) is 0.526. The van der Waals surface area contributed by atoms with E-state index in [1.807, 2.05) is 44.2 Å². The monoisotopic (exact) mass is 333 g/mol. The Bertz CT molecular complexity index is 573. The molecule has 1 rings (SSSR count). The summed E-state index contributed by atoms with van der Waals surface area (Å²) in [4.78, 5) is 37.6. The van der Waals surface area contributed by atoms with Crippen LogP contribution in [0.3, 0.4) is 0 Å². The first-order valence-corrected chi connectivity index (χ1v) is 8.19. The summed E-state index contributed by atoms with van der Waals surface area (Å²) in [7, 11) is 0. The number of carbonyl (C=O) groups is 3. The first-order valence-electron chi connectivity index (χ1n) is 8.19. The fourth-order valence-electron chi connectivity index (χ4n) is 2.21. The molecule has 1 aromatic carbocycles. The van der Waals surface area contributed by atoms with E-state index in [9.17, 15) is 14.4 Å². The van der Waals surface area contributed by atoms with Crippen molar-refractivity contribution in [3.8, 4) is 0 Å². The van der Waals surface area contributed by atoms with Crippen LogP contribution in [0.1, 0.15) is 46.6 Å². The highest BCUT2D eigenvalue weighted by atomic mass is 16.6. The normalized spacial score (nSPS) is 11.2. The Balaban J connectivity index is 2.63. The van der Waals surface area contributed by atoms with Crippen molar-refractivity contribution < 1.29 is 19.1 Å². The van der Waals surface area contributed by atoms with Gasteiger partial charge in [-0.3, -0.25) is 9.59 Å². The molecule has 1 amide bonds. The zero-order valence-electron chi connectivity index (χ0n) is 15.2. The van der Waals surface area contributed by atoms with Crippen LogP contribution in [0.15, 0.2) is 30.3 Å². The molecule has 0 aliphatic heterocycles. The molecule has 0 bridgehead atoms. The van der Waals surface area contributed by atoms with Gasteiger partial charge in [0.25, 0.3) is 0 Å². The van der Waals surface area contributed by atoms with Gasteiger partial charge in [-0.25, -0.2) is 4.79 Å². The third kappa shape index (κ3) is 6.94. The Kier molecular flexibility index (Phi) is 7.14. The van der Waals surface area contributed by atoms with Crippen LogP contribution >= 0.6 is 0 Å². The van der Waals surface area contributed by atoms with Gasteiger partial charge in [-0.05, 0) is 46.6 Å². The summed E-state index contributed by atoms with van der Waals surface area (Å²) in [5, 5.41) is 0. The number of hydrogen-bond donors (Lipinski definition) is 0. The summed E-state index contributed by atoms with van der Waals surface area (Å²) in [6.07, 6.45) is 0.243. The molecule has 0 saturated heterocycles. The Labute approximate surface area is 144 Å². The van der Waals surface area contributed by atoms with Crippen molar-refractivity contribution in [2.75, 3.05) is 6.54 Å². The molecule has 5 nitrogen and oxygen atoms in total. The maximum absolute atomic E-state index is 12.4. The van der Waals surface area contributed by atoms with Crippen LogP contribution in [0.5, 0.6) is 0 Å². The lowest BCUT2D eigenvalue weighted by Crippen LogP contribution is -2.41. The van der Waals surface area contributed by atoms with Crippen LogP contribution in [0.2, 0.25) is 0 Å². The molecule has 0 aliphatic rings. The lowest BCUT2D eigenvalue weighted by molar-refractivity contribution is -0.163. The number of nitrogens with zero attached hydrogens (tertiary/aromatic N) is 1. The zero-order valence-corrected chi connectivity index (χ0v) is 15.2. The van der Waals surface area contributed by atoms with E-state index in [4.69, 9.17) is 4.74 Å². The summed E-state index contributed by atoms with van der Waals surface area (Å²) in [6, 6.07) is 9.77. The van der Waals surface area contributed by atoms with Gasteiger partial charge in [-0.2, -0.15) is 0 Å². The lowest BCUT2D eigenvalue weighted by atomic mass is 10.1. The highest BCUT2D eigenvalue weighted by molar-refractivity contribution is 6.37. The molecule has 5 heteroatoms. The van der Waals surface area contributed by atoms with Gasteiger partial charge >= 0.3 is 5.97 Å². The minimum atomic E-state index is -0.956. The number of carbonyl (C=O) groups excluding carboxylic acids is 3. The molecule has 0 heterocycles. The molecule has 0 N–H and O–H groups in total. The smallest absolute Gasteiger partial charge is 0.375 e. The quantitative estimate of drug-likeness (QED) is 0.437. The third-order valence-corrected chi connectivity index (χ3v) is 3.37. The van der Waals surface area contributed by atoms with Gasteiger partial charge in [0.1, 0.15) is 5.60 Å². The number of amides is 1. The number of Topliss-reactive ketones (excluding diaryl/α,β-unsaturated/α-hetero) is 1. The molecule has 24 heavy (non-hydrogen) atoms. The second-order valence-electron chi connectivity index (χ2n) is 7.02. The van der Waals surface area contributed by atoms with Crippen molar-refractivity contribution in [2.24, 2.45) is 0 Å². The second kappa shape index (κ2) is 8.62. The Hall–Kier alpha value is -2.17. The highest BCUT2D eigenvalue weighted by Gasteiger charge is 2.27. The molecule has 0 fully saturated rings. The minimum absolute atomic E-state index is 0.0485. The first-order chi connectivity index (χ1) is 11.1. The summed E-state index contributed by atoms with van der Waals surface area (Å²) >= 11 is 0. The van der Waals surface area contributed by atoms with E-state index in [0.29, 0.717) is 13.0 Å². The van der Waals surface area contributed by atoms with Gasteiger partial charge < -0.3 is 9.64 Å². The number of rotatable bonds is 7. The molecule has 0 radical (unpaired) electrons. The van der Waals surface area contributed by atoms with Crippen molar-refractivity contribution in [3.63, 3.8) is 0 Å². The van der Waals surface area contributed by atoms with Gasteiger partial charge in [0, 0.05) is 12.6 Å². The molecule has 0 unspecified atom stereocenters. The number of hydrogen-bond acceptors (Lipinski definition) is 4. The summed E-state index contributed by atoms with van der Waals surface area (Å²) in [6.45, 7) is 9.32. The van der Waals surface area contributed by atoms with E-state index in [1.165, 1.54) is 0 Å². The summed E-state index contributed by atoms with van der Waals surface area (Å²) in [5.74, 6) is -2.11. The van der Waals surface area contributed by atoms with Crippen LogP contribution < -0.4 is 0 Å². The fourth-order valence-corrected chi connectivity index (χ4v) is 2.21. The first kappa shape index (κ1) is 19.9. The van der Waals surface area contributed by atoms with E-state index in [0.717, 1.165) is 5.56 Å². The number of ketones is 1. The van der Waals surface area contributed by atoms with Crippen molar-refractivity contribution in [1.29, 1.82) is 0 Å². The Morgan fingerprint density at radius 2 is 1.67 bits per heavy atom. The van der Waals surface area contributed by atoms with Crippen molar-refractivity contribution in [3.05, 3.63) is 35.9 Å².